The van der Waals surface area contributed by atoms with E-state index < -0.39 is 15.9 Å². The van der Waals surface area contributed by atoms with Crippen LogP contribution in [0.5, 0.6) is 11.5 Å². The maximum atomic E-state index is 12.5. The minimum atomic E-state index is -3.71. The highest BCUT2D eigenvalue weighted by Crippen LogP contribution is 2.26. The summed E-state index contributed by atoms with van der Waals surface area (Å²) in [6.07, 6.45) is 1.48. The summed E-state index contributed by atoms with van der Waals surface area (Å²) in [5, 5.41) is 3.94. The summed E-state index contributed by atoms with van der Waals surface area (Å²) in [5.41, 5.74) is 4.78. The molecule has 2 N–H and O–H groups in total. The van der Waals surface area contributed by atoms with Gasteiger partial charge in [-0.2, -0.15) is 5.10 Å². The molecule has 0 radical (unpaired) electrons. The summed E-state index contributed by atoms with van der Waals surface area (Å²) in [7, 11) is -0.633. The number of rotatable bonds is 8. The third kappa shape index (κ3) is 5.64. The SMILES string of the molecule is COc1ccc(C=NNC(=O)c2ccc(NS(=O)(=O)c3ccc(C)cc3)cc2)cc1OC. The Hall–Kier alpha value is -3.85. The second kappa shape index (κ2) is 9.97. The van der Waals surface area contributed by atoms with E-state index in [0.717, 1.165) is 5.56 Å². The van der Waals surface area contributed by atoms with Crippen LogP contribution in [-0.4, -0.2) is 34.8 Å². The molecule has 9 heteroatoms. The van der Waals surface area contributed by atoms with Crippen LogP contribution in [0.4, 0.5) is 5.69 Å². The van der Waals surface area contributed by atoms with Crippen molar-refractivity contribution in [2.75, 3.05) is 18.9 Å². The number of aryl methyl sites for hydroxylation is 1. The van der Waals surface area contributed by atoms with Crippen LogP contribution in [0.25, 0.3) is 0 Å². The minimum absolute atomic E-state index is 0.161. The molecule has 0 aliphatic carbocycles. The zero-order chi connectivity index (χ0) is 23.1. The third-order valence-electron chi connectivity index (χ3n) is 4.52. The Labute approximate surface area is 186 Å². The first-order valence-electron chi connectivity index (χ1n) is 9.57. The molecule has 0 fully saturated rings. The first-order chi connectivity index (χ1) is 15.3. The van der Waals surface area contributed by atoms with Gasteiger partial charge in [-0.1, -0.05) is 17.7 Å². The van der Waals surface area contributed by atoms with Crippen LogP contribution in [0.3, 0.4) is 0 Å². The molecule has 166 valence electrons. The highest BCUT2D eigenvalue weighted by Gasteiger charge is 2.14. The zero-order valence-electron chi connectivity index (χ0n) is 17.8. The number of methoxy groups -OCH3 is 2. The van der Waals surface area contributed by atoms with Crippen LogP contribution in [0.1, 0.15) is 21.5 Å². The fourth-order valence-electron chi connectivity index (χ4n) is 2.78. The van der Waals surface area contributed by atoms with Crippen LogP contribution >= 0.6 is 0 Å². The smallest absolute Gasteiger partial charge is 0.271 e. The molecule has 0 atom stereocenters. The topological polar surface area (TPSA) is 106 Å². The van der Waals surface area contributed by atoms with Crippen molar-refractivity contribution in [3.63, 3.8) is 0 Å². The first-order valence-corrected chi connectivity index (χ1v) is 11.1. The molecular formula is C23H23N3O5S. The van der Waals surface area contributed by atoms with Gasteiger partial charge in [0, 0.05) is 11.3 Å². The van der Waals surface area contributed by atoms with Gasteiger partial charge >= 0.3 is 0 Å². The molecular weight excluding hydrogens is 430 g/mol. The predicted octanol–water partition coefficient (Wildman–Crippen LogP) is 3.58. The Morgan fingerprint density at radius 1 is 0.906 bits per heavy atom. The van der Waals surface area contributed by atoms with Crippen molar-refractivity contribution < 1.29 is 22.7 Å². The highest BCUT2D eigenvalue weighted by molar-refractivity contribution is 7.92. The lowest BCUT2D eigenvalue weighted by Gasteiger charge is -2.09. The van der Waals surface area contributed by atoms with E-state index in [2.05, 4.69) is 15.2 Å². The van der Waals surface area contributed by atoms with Crippen molar-refractivity contribution >= 4 is 27.8 Å². The van der Waals surface area contributed by atoms with Gasteiger partial charge in [0.05, 0.1) is 25.3 Å². The number of carbonyl (C=O) groups excluding carboxylic acids is 1. The summed E-state index contributed by atoms with van der Waals surface area (Å²) >= 11 is 0. The number of benzene rings is 3. The number of nitrogens with one attached hydrogen (secondary N) is 2. The van der Waals surface area contributed by atoms with Crippen molar-refractivity contribution in [2.45, 2.75) is 11.8 Å². The van der Waals surface area contributed by atoms with Gasteiger partial charge in [-0.15, -0.1) is 0 Å². The molecule has 8 nitrogen and oxygen atoms in total. The van der Waals surface area contributed by atoms with E-state index in [1.807, 2.05) is 6.92 Å². The van der Waals surface area contributed by atoms with Crippen LogP contribution < -0.4 is 19.6 Å². The van der Waals surface area contributed by atoms with E-state index in [0.29, 0.717) is 28.3 Å². The van der Waals surface area contributed by atoms with E-state index >= 15 is 0 Å². The van der Waals surface area contributed by atoms with Crippen LogP contribution in [0.15, 0.2) is 76.7 Å². The molecule has 0 aliphatic rings. The van der Waals surface area contributed by atoms with Crippen molar-refractivity contribution in [3.05, 3.63) is 83.4 Å². The average Bonchev–Trinajstić information content (AvgIpc) is 2.79. The van der Waals surface area contributed by atoms with Crippen LogP contribution in [0, 0.1) is 6.92 Å². The molecule has 0 unspecified atom stereocenters. The molecule has 0 bridgehead atoms. The number of hydrazone groups is 1. The van der Waals surface area contributed by atoms with E-state index in [4.69, 9.17) is 9.47 Å². The Morgan fingerprint density at radius 2 is 1.56 bits per heavy atom. The minimum Gasteiger partial charge on any atom is -0.493 e. The molecule has 0 saturated carbocycles. The number of nitrogens with zero attached hydrogens (tertiary/aromatic N) is 1. The maximum Gasteiger partial charge on any atom is 0.271 e. The fourth-order valence-corrected chi connectivity index (χ4v) is 3.84. The number of hydrogen-bond donors (Lipinski definition) is 2. The van der Waals surface area contributed by atoms with E-state index in [1.54, 1.807) is 37.4 Å². The number of ether oxygens (including phenoxy) is 2. The summed E-state index contributed by atoms with van der Waals surface area (Å²) in [5.74, 6) is 0.702. The second-order valence-electron chi connectivity index (χ2n) is 6.81. The van der Waals surface area contributed by atoms with Crippen molar-refractivity contribution in [2.24, 2.45) is 5.10 Å². The normalized spacial score (nSPS) is 11.2. The molecule has 3 rings (SSSR count). The predicted molar refractivity (Wildman–Crippen MR) is 123 cm³/mol. The zero-order valence-corrected chi connectivity index (χ0v) is 18.6. The first kappa shape index (κ1) is 22.8. The lowest BCUT2D eigenvalue weighted by Crippen LogP contribution is -2.18. The van der Waals surface area contributed by atoms with E-state index in [1.165, 1.54) is 49.7 Å². The lowest BCUT2D eigenvalue weighted by molar-refractivity contribution is 0.0955. The lowest BCUT2D eigenvalue weighted by atomic mass is 10.2. The summed E-state index contributed by atoms with van der Waals surface area (Å²) < 4.78 is 37.8. The molecule has 32 heavy (non-hydrogen) atoms. The second-order valence-corrected chi connectivity index (χ2v) is 8.49. The number of hydrogen-bond acceptors (Lipinski definition) is 6. The Bertz CT molecular complexity index is 1220. The van der Waals surface area contributed by atoms with Crippen LogP contribution in [0.2, 0.25) is 0 Å². The molecule has 0 aliphatic heterocycles. The number of anilines is 1. The van der Waals surface area contributed by atoms with Crippen molar-refractivity contribution in [3.8, 4) is 11.5 Å². The van der Waals surface area contributed by atoms with Gasteiger partial charge in [-0.3, -0.25) is 9.52 Å². The third-order valence-corrected chi connectivity index (χ3v) is 5.92. The summed E-state index contributed by atoms with van der Waals surface area (Å²) in [6, 6.07) is 17.8. The van der Waals surface area contributed by atoms with Gasteiger partial charge in [-0.05, 0) is 67.1 Å². The Morgan fingerprint density at radius 3 is 2.19 bits per heavy atom. The van der Waals surface area contributed by atoms with Crippen LogP contribution in [-0.2, 0) is 10.0 Å². The molecule has 0 aromatic heterocycles. The standard InChI is InChI=1S/C23H23N3O5S/c1-16-4-11-20(12-5-16)32(28,29)26-19-9-7-18(8-10-19)23(27)25-24-15-17-6-13-21(30-2)22(14-17)31-3/h4-15,26H,1-3H3,(H,25,27). The molecule has 0 saturated heterocycles. The number of sulfonamides is 1. The van der Waals surface area contributed by atoms with Gasteiger partial charge < -0.3 is 9.47 Å². The summed E-state index contributed by atoms with van der Waals surface area (Å²) in [6.45, 7) is 1.88. The van der Waals surface area contributed by atoms with Gasteiger partial charge in [0.2, 0.25) is 0 Å². The molecule has 3 aromatic carbocycles. The van der Waals surface area contributed by atoms with Crippen molar-refractivity contribution in [1.82, 2.24) is 5.43 Å². The Balaban J connectivity index is 1.62. The maximum absolute atomic E-state index is 12.5. The molecule has 0 heterocycles. The van der Waals surface area contributed by atoms with Gasteiger partial charge in [0.15, 0.2) is 11.5 Å². The molecule has 3 aromatic rings. The summed E-state index contributed by atoms with van der Waals surface area (Å²) in [4.78, 5) is 12.5. The largest absolute Gasteiger partial charge is 0.493 e. The van der Waals surface area contributed by atoms with E-state index in [9.17, 15) is 13.2 Å². The number of amides is 1. The molecule has 0 spiro atoms. The van der Waals surface area contributed by atoms with Gasteiger partial charge in [-0.25, -0.2) is 13.8 Å². The van der Waals surface area contributed by atoms with Gasteiger partial charge in [0.25, 0.3) is 15.9 Å². The number of carbonyl (C=O) groups is 1. The molecule has 1 amide bonds. The van der Waals surface area contributed by atoms with Gasteiger partial charge in [0.1, 0.15) is 0 Å². The highest BCUT2D eigenvalue weighted by atomic mass is 32.2. The fraction of sp³-hybridized carbons (Fsp3) is 0.130. The van der Waals surface area contributed by atoms with E-state index in [-0.39, 0.29) is 4.90 Å². The van der Waals surface area contributed by atoms with Crippen molar-refractivity contribution in [1.29, 1.82) is 0 Å². The quantitative estimate of drug-likeness (QED) is 0.401. The Kier molecular flexibility index (Phi) is 7.11. The average molecular weight is 454 g/mol. The monoisotopic (exact) mass is 453 g/mol.